The molecule has 0 N–H and O–H groups in total. The van der Waals surface area contributed by atoms with Gasteiger partial charge in [0.25, 0.3) is 0 Å². The van der Waals surface area contributed by atoms with Crippen LogP contribution in [-0.2, 0) is 6.18 Å². The molecule has 0 unspecified atom stereocenters. The zero-order valence-electron chi connectivity index (χ0n) is 12.2. The maximum Gasteiger partial charge on any atom is 0.416 e. The Morgan fingerprint density at radius 3 is 2.18 bits per heavy atom. The van der Waals surface area contributed by atoms with Crippen molar-refractivity contribution >= 4 is 0 Å². The Balaban J connectivity index is 1.90. The third kappa shape index (κ3) is 4.49. The first kappa shape index (κ1) is 16.4. The lowest BCUT2D eigenvalue weighted by Gasteiger charge is -2.27. The van der Waals surface area contributed by atoms with Gasteiger partial charge in [-0.1, -0.05) is 30.4 Å². The van der Waals surface area contributed by atoms with Crippen molar-refractivity contribution in [2.75, 3.05) is 0 Å². The number of nitriles is 1. The van der Waals surface area contributed by atoms with E-state index < -0.39 is 11.7 Å². The van der Waals surface area contributed by atoms with Crippen LogP contribution < -0.4 is 0 Å². The number of hydrogen-bond acceptors (Lipinski definition) is 1. The predicted molar refractivity (Wildman–Crippen MR) is 80.0 cm³/mol. The molecule has 116 valence electrons. The van der Waals surface area contributed by atoms with Gasteiger partial charge in [0, 0.05) is 6.08 Å². The monoisotopic (exact) mass is 305 g/mol. The van der Waals surface area contributed by atoms with Crippen molar-refractivity contribution in [1.29, 1.82) is 5.26 Å². The maximum atomic E-state index is 12.6. The molecule has 22 heavy (non-hydrogen) atoms. The second-order valence-corrected chi connectivity index (χ2v) is 5.60. The highest BCUT2D eigenvalue weighted by molar-refractivity contribution is 5.27. The summed E-state index contributed by atoms with van der Waals surface area (Å²) in [5.74, 6) is 0.843. The van der Waals surface area contributed by atoms with E-state index in [0.717, 1.165) is 31.2 Å². The zero-order valence-corrected chi connectivity index (χ0v) is 12.2. The van der Waals surface area contributed by atoms with Crippen LogP contribution in [0.4, 0.5) is 13.2 Å². The third-order valence-electron chi connectivity index (χ3n) is 4.15. The van der Waals surface area contributed by atoms with E-state index in [0.29, 0.717) is 11.8 Å². The summed E-state index contributed by atoms with van der Waals surface area (Å²) in [6, 6.07) is 7.51. The lowest BCUT2D eigenvalue weighted by Crippen LogP contribution is -2.12. The summed E-state index contributed by atoms with van der Waals surface area (Å²) in [4.78, 5) is 0. The Morgan fingerprint density at radius 2 is 1.64 bits per heavy atom. The largest absolute Gasteiger partial charge is 0.416 e. The fourth-order valence-electron chi connectivity index (χ4n) is 2.91. The molecule has 0 bridgehead atoms. The Morgan fingerprint density at radius 1 is 1.00 bits per heavy atom. The van der Waals surface area contributed by atoms with Gasteiger partial charge in [-0.05, 0) is 55.2 Å². The number of allylic oxidation sites excluding steroid dienone is 4. The van der Waals surface area contributed by atoms with Gasteiger partial charge in [0.1, 0.15) is 0 Å². The summed E-state index contributed by atoms with van der Waals surface area (Å²) < 4.78 is 37.7. The van der Waals surface area contributed by atoms with E-state index in [2.05, 4.69) is 6.08 Å². The molecule has 0 aliphatic heterocycles. The molecule has 1 fully saturated rings. The third-order valence-corrected chi connectivity index (χ3v) is 4.15. The fourth-order valence-corrected chi connectivity index (χ4v) is 2.91. The van der Waals surface area contributed by atoms with E-state index in [1.165, 1.54) is 18.2 Å². The van der Waals surface area contributed by atoms with E-state index in [1.807, 2.05) is 12.1 Å². The molecular formula is C18H18F3N. The van der Waals surface area contributed by atoms with Gasteiger partial charge in [-0.3, -0.25) is 0 Å². The first-order valence-electron chi connectivity index (χ1n) is 7.41. The predicted octanol–water partition coefficient (Wildman–Crippen LogP) is 5.62. The molecule has 0 spiro atoms. The Hall–Kier alpha value is -2.02. The van der Waals surface area contributed by atoms with E-state index in [9.17, 15) is 13.2 Å². The van der Waals surface area contributed by atoms with Crippen LogP contribution >= 0.6 is 0 Å². The summed E-state index contributed by atoms with van der Waals surface area (Å²) in [6.07, 6.45) is 6.93. The zero-order chi connectivity index (χ0) is 16.0. The average molecular weight is 305 g/mol. The Bertz CT molecular complexity index is 568. The fraction of sp³-hybridized carbons (Fsp3) is 0.389. The van der Waals surface area contributed by atoms with E-state index in [1.54, 1.807) is 18.2 Å². The quantitative estimate of drug-likeness (QED) is 0.525. The van der Waals surface area contributed by atoms with Gasteiger partial charge in [0.05, 0.1) is 11.6 Å². The minimum absolute atomic E-state index is 0.349. The van der Waals surface area contributed by atoms with Crippen molar-refractivity contribution in [3.8, 4) is 6.07 Å². The molecule has 0 atom stereocenters. The Kier molecular flexibility index (Phi) is 5.43. The summed E-state index contributed by atoms with van der Waals surface area (Å²) in [5, 5.41) is 8.39. The SMILES string of the molecule is N#C/C=C/C=C/[C@H]1CC[C@H](c2ccc(C(F)(F)F)cc2)CC1. The van der Waals surface area contributed by atoms with Crippen molar-refractivity contribution < 1.29 is 13.2 Å². The first-order valence-corrected chi connectivity index (χ1v) is 7.41. The van der Waals surface area contributed by atoms with Crippen LogP contribution in [0.1, 0.15) is 42.7 Å². The molecule has 4 heteroatoms. The summed E-state index contributed by atoms with van der Waals surface area (Å²) in [7, 11) is 0. The minimum atomic E-state index is -4.27. The number of halogens is 3. The average Bonchev–Trinajstić information content (AvgIpc) is 2.51. The van der Waals surface area contributed by atoms with Gasteiger partial charge in [0.15, 0.2) is 0 Å². The molecule has 0 saturated heterocycles. The van der Waals surface area contributed by atoms with Crippen LogP contribution in [0, 0.1) is 17.2 Å². The Labute approximate surface area is 128 Å². The van der Waals surface area contributed by atoms with Gasteiger partial charge in [-0.15, -0.1) is 0 Å². The number of rotatable bonds is 3. The van der Waals surface area contributed by atoms with Gasteiger partial charge >= 0.3 is 6.18 Å². The van der Waals surface area contributed by atoms with Crippen molar-refractivity contribution in [3.63, 3.8) is 0 Å². The maximum absolute atomic E-state index is 12.6. The highest BCUT2D eigenvalue weighted by Crippen LogP contribution is 2.37. The van der Waals surface area contributed by atoms with E-state index in [-0.39, 0.29) is 0 Å². The molecule has 1 nitrogen and oxygen atoms in total. The normalized spacial score (nSPS) is 23.0. The highest BCUT2D eigenvalue weighted by atomic mass is 19.4. The molecule has 2 rings (SSSR count). The van der Waals surface area contributed by atoms with Crippen LogP contribution in [0.5, 0.6) is 0 Å². The summed E-state index contributed by atoms with van der Waals surface area (Å²) in [5.41, 5.74) is 0.414. The molecule has 0 aromatic heterocycles. The topological polar surface area (TPSA) is 23.8 Å². The van der Waals surface area contributed by atoms with E-state index >= 15 is 0 Å². The molecule has 1 aromatic rings. The van der Waals surface area contributed by atoms with Crippen molar-refractivity contribution in [3.05, 3.63) is 59.7 Å². The van der Waals surface area contributed by atoms with Crippen molar-refractivity contribution in [2.45, 2.75) is 37.8 Å². The van der Waals surface area contributed by atoms with Gasteiger partial charge in [-0.25, -0.2) is 0 Å². The standard InChI is InChI=1S/C18H18F3N/c19-18(20,21)17-11-9-16(10-12-17)15-7-5-14(6-8-15)4-2-1-3-13-22/h1-4,9-12,14-15H,5-8H2/b3-1+,4-2+/t14-,15-. The molecule has 1 aliphatic rings. The van der Waals surface area contributed by atoms with Crippen LogP contribution in [0.15, 0.2) is 48.6 Å². The first-order chi connectivity index (χ1) is 10.5. The molecule has 1 aliphatic carbocycles. The van der Waals surface area contributed by atoms with Crippen molar-refractivity contribution in [1.82, 2.24) is 0 Å². The number of benzene rings is 1. The minimum Gasteiger partial charge on any atom is -0.193 e. The lowest BCUT2D eigenvalue weighted by molar-refractivity contribution is -0.137. The molecule has 0 heterocycles. The number of alkyl halides is 3. The molecule has 0 amide bonds. The van der Waals surface area contributed by atoms with E-state index in [4.69, 9.17) is 5.26 Å². The summed E-state index contributed by atoms with van der Waals surface area (Å²) >= 11 is 0. The molecule has 0 radical (unpaired) electrons. The molecular weight excluding hydrogens is 287 g/mol. The number of nitrogens with zero attached hydrogens (tertiary/aromatic N) is 1. The van der Waals surface area contributed by atoms with Gasteiger partial charge in [0.2, 0.25) is 0 Å². The lowest BCUT2D eigenvalue weighted by atomic mass is 9.78. The molecule has 1 aromatic carbocycles. The summed E-state index contributed by atoms with van der Waals surface area (Å²) in [6.45, 7) is 0. The van der Waals surface area contributed by atoms with Crippen LogP contribution in [-0.4, -0.2) is 0 Å². The molecule has 1 saturated carbocycles. The van der Waals surface area contributed by atoms with Crippen LogP contribution in [0.3, 0.4) is 0 Å². The van der Waals surface area contributed by atoms with Gasteiger partial charge in [-0.2, -0.15) is 18.4 Å². The highest BCUT2D eigenvalue weighted by Gasteiger charge is 2.30. The smallest absolute Gasteiger partial charge is 0.193 e. The van der Waals surface area contributed by atoms with Crippen molar-refractivity contribution in [2.24, 2.45) is 5.92 Å². The van der Waals surface area contributed by atoms with Crippen LogP contribution in [0.2, 0.25) is 0 Å². The van der Waals surface area contributed by atoms with Crippen LogP contribution in [0.25, 0.3) is 0 Å². The van der Waals surface area contributed by atoms with Gasteiger partial charge < -0.3 is 0 Å². The number of hydrogen-bond donors (Lipinski definition) is 0. The second-order valence-electron chi connectivity index (χ2n) is 5.60. The second kappa shape index (κ2) is 7.31.